The molecule has 2 N–H and O–H groups in total. The number of H-pyrrole nitrogens is 1. The molecule has 1 aliphatic carbocycles. The first-order chi connectivity index (χ1) is 21.4. The fourth-order valence-electron chi connectivity index (χ4n) is 6.10. The molecule has 44 heavy (non-hydrogen) atoms. The Morgan fingerprint density at radius 1 is 1.02 bits per heavy atom. The van der Waals surface area contributed by atoms with Crippen molar-refractivity contribution in [2.45, 2.75) is 31.7 Å². The summed E-state index contributed by atoms with van der Waals surface area (Å²) in [4.78, 5) is 31.3. The van der Waals surface area contributed by atoms with Crippen LogP contribution in [-0.2, 0) is 4.79 Å². The van der Waals surface area contributed by atoms with Gasteiger partial charge in [0.05, 0.1) is 23.5 Å². The molecule has 1 amide bonds. The highest BCUT2D eigenvalue weighted by Crippen LogP contribution is 2.47. The van der Waals surface area contributed by atoms with Crippen LogP contribution in [0.4, 0.5) is 0 Å². The maximum Gasteiger partial charge on any atom is 0.335 e. The molecule has 2 aromatic carbocycles. The highest BCUT2D eigenvalue weighted by atomic mass is 35.5. The lowest BCUT2D eigenvalue weighted by Gasteiger charge is -2.19. The van der Waals surface area contributed by atoms with Gasteiger partial charge in [-0.15, -0.1) is 4.68 Å². The van der Waals surface area contributed by atoms with Crippen LogP contribution in [0.25, 0.3) is 27.9 Å². The maximum atomic E-state index is 13.1. The van der Waals surface area contributed by atoms with Crippen molar-refractivity contribution >= 4 is 23.5 Å². The summed E-state index contributed by atoms with van der Waals surface area (Å²) < 4.78 is 3.62. The van der Waals surface area contributed by atoms with E-state index in [9.17, 15) is 14.7 Å². The van der Waals surface area contributed by atoms with Crippen molar-refractivity contribution in [3.63, 3.8) is 0 Å². The molecule has 1 unspecified atom stereocenters. The number of halogens is 1. The van der Waals surface area contributed by atoms with Gasteiger partial charge in [0.25, 0.3) is 6.33 Å². The van der Waals surface area contributed by atoms with Gasteiger partial charge in [0.15, 0.2) is 5.21 Å². The zero-order valence-electron chi connectivity index (χ0n) is 23.8. The van der Waals surface area contributed by atoms with Crippen molar-refractivity contribution in [3.05, 3.63) is 95.8 Å². The van der Waals surface area contributed by atoms with Crippen molar-refractivity contribution in [3.8, 4) is 27.9 Å². The number of amides is 1. The summed E-state index contributed by atoms with van der Waals surface area (Å²) in [5.41, 5.74) is 5.39. The van der Waals surface area contributed by atoms with Gasteiger partial charge in [0.1, 0.15) is 10.8 Å². The number of nitrogens with one attached hydrogen (secondary N) is 1. The molecule has 4 heterocycles. The Bertz CT molecular complexity index is 1800. The molecule has 5 aromatic rings. The number of carboxylic acid groups (broad SMARTS) is 1. The summed E-state index contributed by atoms with van der Waals surface area (Å²) in [5.74, 6) is -0.397. The molecule has 2 aliphatic rings. The van der Waals surface area contributed by atoms with E-state index >= 15 is 0 Å². The second-order valence-electron chi connectivity index (χ2n) is 11.4. The van der Waals surface area contributed by atoms with Crippen LogP contribution in [0.1, 0.15) is 47.8 Å². The van der Waals surface area contributed by atoms with E-state index in [4.69, 9.17) is 21.7 Å². The van der Waals surface area contributed by atoms with Gasteiger partial charge in [-0.05, 0) is 73.6 Å². The number of aromatic amines is 1. The Labute approximate surface area is 258 Å². The number of likely N-dealkylation sites (tertiary alicyclic amines) is 1. The monoisotopic (exact) mass is 609 g/mol. The molecule has 222 valence electrons. The third-order valence-corrected chi connectivity index (χ3v) is 8.84. The van der Waals surface area contributed by atoms with Crippen LogP contribution in [0.2, 0.25) is 5.02 Å². The molecule has 3 aromatic heterocycles. The molecule has 0 radical (unpaired) electrons. The predicted octanol–water partition coefficient (Wildman–Crippen LogP) is 4.60. The van der Waals surface area contributed by atoms with Gasteiger partial charge >= 0.3 is 5.97 Å². The van der Waals surface area contributed by atoms with Crippen molar-refractivity contribution in [1.82, 2.24) is 35.2 Å². The molecule has 0 bridgehead atoms. The number of carboxylic acids is 1. The number of hydrogen-bond donors (Lipinski definition) is 2. The summed E-state index contributed by atoms with van der Waals surface area (Å²) in [6.45, 7) is 1.71. The SMILES string of the molecule is O=C(O)c1ccc(-c2cnn(C(C[C@H]3C[C@H]3C(=O)N3CCCC3)c3ccc(-c4cc(Cl)ccc4-[n+]4cnn[nH]4)cn3)c2)cc1. The number of nitrogens with zero attached hydrogens (tertiary/aromatic N) is 7. The number of aromatic carboxylic acids is 1. The summed E-state index contributed by atoms with van der Waals surface area (Å²) in [5, 5.41) is 25.1. The molecule has 7 rings (SSSR count). The number of carbonyl (C=O) groups excluding carboxylic acids is 1. The van der Waals surface area contributed by atoms with Gasteiger partial charge < -0.3 is 10.0 Å². The van der Waals surface area contributed by atoms with Gasteiger partial charge in [0, 0.05) is 53.1 Å². The molecule has 1 saturated heterocycles. The van der Waals surface area contributed by atoms with Crippen molar-refractivity contribution in [2.24, 2.45) is 11.8 Å². The number of pyridine rings is 1. The summed E-state index contributed by atoms with van der Waals surface area (Å²) in [6.07, 6.45) is 10.9. The maximum absolute atomic E-state index is 13.1. The molecule has 2 fully saturated rings. The van der Waals surface area contributed by atoms with E-state index in [0.29, 0.717) is 5.02 Å². The van der Waals surface area contributed by atoms with Gasteiger partial charge in [-0.1, -0.05) is 35.0 Å². The third kappa shape index (κ3) is 5.58. The minimum absolute atomic E-state index is 0.0440. The smallest absolute Gasteiger partial charge is 0.335 e. The first kappa shape index (κ1) is 27.9. The highest BCUT2D eigenvalue weighted by molar-refractivity contribution is 6.31. The van der Waals surface area contributed by atoms with E-state index in [2.05, 4.69) is 15.5 Å². The van der Waals surface area contributed by atoms with Crippen molar-refractivity contribution < 1.29 is 19.4 Å². The molecule has 3 atom stereocenters. The van der Waals surface area contributed by atoms with E-state index in [1.807, 2.05) is 52.3 Å². The Hall–Kier alpha value is -4.90. The standard InChI is InChI=1S/C32H29ClN8O3/c33-25-8-10-29(41-19-35-37-38-41)26(15-25)22-7-9-28(34-16-22)30(14-23-13-27(23)31(42)39-11-1-2-12-39)40-18-24(17-36-40)20-3-5-21(6-4-20)32(43)44/h3-10,15-19,23,27,30H,1-2,11-14H2,(H,43,44)/p+1/t23-,27-,30?/m1/s1. The van der Waals surface area contributed by atoms with Crippen molar-refractivity contribution in [2.75, 3.05) is 13.1 Å². The van der Waals surface area contributed by atoms with Crippen LogP contribution in [0, 0.1) is 11.8 Å². The predicted molar refractivity (Wildman–Crippen MR) is 161 cm³/mol. The Balaban J connectivity index is 1.19. The lowest BCUT2D eigenvalue weighted by atomic mass is 10.0. The van der Waals surface area contributed by atoms with Gasteiger partial charge in [-0.2, -0.15) is 5.10 Å². The lowest BCUT2D eigenvalue weighted by Crippen LogP contribution is -2.32. The average Bonchev–Trinajstić information content (AvgIpc) is 3.53. The Kier molecular flexibility index (Phi) is 7.39. The van der Waals surface area contributed by atoms with Gasteiger partial charge in [0.2, 0.25) is 5.91 Å². The first-order valence-electron chi connectivity index (χ1n) is 14.7. The molecule has 11 nitrogen and oxygen atoms in total. The first-order valence-corrected chi connectivity index (χ1v) is 15.0. The summed E-state index contributed by atoms with van der Waals surface area (Å²) in [7, 11) is 0. The minimum atomic E-state index is -0.964. The molecule has 12 heteroatoms. The van der Waals surface area contributed by atoms with Crippen LogP contribution in [0.15, 0.2) is 79.5 Å². The van der Waals surface area contributed by atoms with E-state index < -0.39 is 5.97 Å². The average molecular weight is 610 g/mol. The molecular formula is C32H30ClN8O3+. The summed E-state index contributed by atoms with van der Waals surface area (Å²) in [6, 6.07) is 16.2. The Morgan fingerprint density at radius 2 is 1.82 bits per heavy atom. The second-order valence-corrected chi connectivity index (χ2v) is 11.8. The number of rotatable bonds is 9. The van der Waals surface area contributed by atoms with Crippen LogP contribution in [0.3, 0.4) is 0 Å². The quantitative estimate of drug-likeness (QED) is 0.233. The fraction of sp³-hybridized carbons (Fsp3) is 0.281. The molecule has 0 spiro atoms. The lowest BCUT2D eigenvalue weighted by molar-refractivity contribution is -0.659. The fourth-order valence-corrected chi connectivity index (χ4v) is 6.27. The molecule has 1 saturated carbocycles. The number of aromatic nitrogens is 7. The van der Waals surface area contributed by atoms with Crippen LogP contribution in [-0.4, -0.2) is 65.3 Å². The van der Waals surface area contributed by atoms with Crippen LogP contribution in [0.5, 0.6) is 0 Å². The van der Waals surface area contributed by atoms with Crippen LogP contribution >= 0.6 is 11.6 Å². The third-order valence-electron chi connectivity index (χ3n) is 8.60. The number of benzene rings is 2. The largest absolute Gasteiger partial charge is 0.478 e. The van der Waals surface area contributed by atoms with E-state index in [1.54, 1.807) is 41.5 Å². The normalized spacial score (nSPS) is 18.3. The Morgan fingerprint density at radius 3 is 2.52 bits per heavy atom. The summed E-state index contributed by atoms with van der Waals surface area (Å²) >= 11 is 6.37. The number of tetrazole rings is 1. The highest BCUT2D eigenvalue weighted by Gasteiger charge is 2.46. The molecular weight excluding hydrogens is 580 g/mol. The minimum Gasteiger partial charge on any atom is -0.478 e. The zero-order valence-corrected chi connectivity index (χ0v) is 24.5. The second kappa shape index (κ2) is 11.6. The topological polar surface area (TPSA) is 134 Å². The van der Waals surface area contributed by atoms with Gasteiger partial charge in [-0.25, -0.2) is 4.79 Å². The molecule has 1 aliphatic heterocycles. The van der Waals surface area contributed by atoms with Gasteiger partial charge in [-0.3, -0.25) is 14.5 Å². The number of carbonyl (C=O) groups is 2. The van der Waals surface area contributed by atoms with E-state index in [0.717, 1.165) is 72.4 Å². The van der Waals surface area contributed by atoms with Crippen molar-refractivity contribution in [1.29, 1.82) is 0 Å². The van der Waals surface area contributed by atoms with E-state index in [1.165, 1.54) is 0 Å². The van der Waals surface area contributed by atoms with E-state index in [-0.39, 0.29) is 29.3 Å². The number of hydrogen-bond acceptors (Lipinski definition) is 6. The van der Waals surface area contributed by atoms with Crippen LogP contribution < -0.4 is 4.68 Å². The zero-order chi connectivity index (χ0) is 30.2.